The Morgan fingerprint density at radius 2 is 1.61 bits per heavy atom. The van der Waals surface area contributed by atoms with E-state index in [2.05, 4.69) is 17.6 Å². The number of hydrogen-bond donors (Lipinski definition) is 2. The molecule has 2 aromatic carbocycles. The van der Waals surface area contributed by atoms with E-state index in [9.17, 15) is 9.18 Å². The highest BCUT2D eigenvalue weighted by molar-refractivity contribution is 6.42. The predicted octanol–water partition coefficient (Wildman–Crippen LogP) is 5.26. The normalized spacial score (nSPS) is 22.5. The van der Waals surface area contributed by atoms with Gasteiger partial charge in [-0.1, -0.05) is 34.8 Å². The monoisotopic (exact) mass is 488 g/mol. The van der Waals surface area contributed by atoms with Crippen molar-refractivity contribution < 1.29 is 18.7 Å². The fourth-order valence-corrected chi connectivity index (χ4v) is 4.47. The van der Waals surface area contributed by atoms with Gasteiger partial charge in [0.2, 0.25) is 0 Å². The van der Waals surface area contributed by atoms with E-state index in [1.165, 1.54) is 12.1 Å². The molecule has 1 fully saturated rings. The first kappa shape index (κ1) is 23.9. The van der Waals surface area contributed by atoms with Crippen molar-refractivity contribution in [1.29, 1.82) is 0 Å². The zero-order chi connectivity index (χ0) is 22.6. The maximum Gasteiger partial charge on any atom is 0.258 e. The van der Waals surface area contributed by atoms with Crippen LogP contribution in [0.3, 0.4) is 0 Å². The van der Waals surface area contributed by atoms with Crippen molar-refractivity contribution in [3.8, 4) is 11.5 Å². The standard InChI is InChI=1S/C22H24Cl3FN2O3/c1-21(27-7-8-30-15-4-6-17(24)19(26)10-15)12-22(2,13-21)28-20(29)11-31-14-3-5-16(23)18(25)9-14/h3-6,9-10,27H,7-8,11-13H2,1-2H3,(H,28,29). The van der Waals surface area contributed by atoms with Crippen LogP contribution in [0.5, 0.6) is 11.5 Å². The molecule has 3 rings (SSSR count). The topological polar surface area (TPSA) is 59.6 Å². The number of hydrogen-bond acceptors (Lipinski definition) is 4. The molecule has 0 unspecified atom stereocenters. The second-order valence-electron chi connectivity index (χ2n) is 8.24. The minimum atomic E-state index is -0.507. The summed E-state index contributed by atoms with van der Waals surface area (Å²) < 4.78 is 24.5. The van der Waals surface area contributed by atoms with Crippen molar-refractivity contribution in [2.75, 3.05) is 19.8 Å². The molecule has 1 saturated carbocycles. The van der Waals surface area contributed by atoms with Gasteiger partial charge in [-0.25, -0.2) is 4.39 Å². The second kappa shape index (κ2) is 9.82. The van der Waals surface area contributed by atoms with Crippen LogP contribution in [-0.2, 0) is 4.79 Å². The third kappa shape index (κ3) is 6.62. The van der Waals surface area contributed by atoms with Crippen LogP contribution in [0.1, 0.15) is 26.7 Å². The van der Waals surface area contributed by atoms with Gasteiger partial charge in [0.1, 0.15) is 23.9 Å². The van der Waals surface area contributed by atoms with Crippen LogP contribution < -0.4 is 20.1 Å². The lowest BCUT2D eigenvalue weighted by atomic mass is 9.64. The molecule has 0 spiro atoms. The molecule has 0 bridgehead atoms. The van der Waals surface area contributed by atoms with Crippen molar-refractivity contribution in [3.05, 3.63) is 57.3 Å². The zero-order valence-corrected chi connectivity index (χ0v) is 19.5. The van der Waals surface area contributed by atoms with Gasteiger partial charge in [-0.2, -0.15) is 0 Å². The quantitative estimate of drug-likeness (QED) is 0.472. The molecule has 0 heterocycles. The van der Waals surface area contributed by atoms with Crippen LogP contribution in [0, 0.1) is 5.82 Å². The third-order valence-corrected chi connectivity index (χ3v) is 6.12. The zero-order valence-electron chi connectivity index (χ0n) is 17.2. The summed E-state index contributed by atoms with van der Waals surface area (Å²) in [5.74, 6) is 0.202. The Labute approximate surface area is 196 Å². The van der Waals surface area contributed by atoms with Gasteiger partial charge in [0, 0.05) is 29.8 Å². The summed E-state index contributed by atoms with van der Waals surface area (Å²) in [5, 5.41) is 7.33. The molecule has 1 aliphatic carbocycles. The number of carbonyl (C=O) groups is 1. The first-order chi connectivity index (χ1) is 14.6. The summed E-state index contributed by atoms with van der Waals surface area (Å²) in [4.78, 5) is 12.3. The molecule has 0 atom stereocenters. The summed E-state index contributed by atoms with van der Waals surface area (Å²) in [6.45, 7) is 4.96. The van der Waals surface area contributed by atoms with Gasteiger partial charge in [0.25, 0.3) is 5.91 Å². The molecule has 9 heteroatoms. The number of nitrogens with one attached hydrogen (secondary N) is 2. The van der Waals surface area contributed by atoms with Crippen LogP contribution in [0.15, 0.2) is 36.4 Å². The summed E-state index contributed by atoms with van der Waals surface area (Å²) in [6.07, 6.45) is 1.52. The van der Waals surface area contributed by atoms with Crippen molar-refractivity contribution in [3.63, 3.8) is 0 Å². The van der Waals surface area contributed by atoms with Crippen molar-refractivity contribution >= 4 is 40.7 Å². The Hall–Kier alpha value is -1.73. The predicted molar refractivity (Wildman–Crippen MR) is 121 cm³/mol. The SMILES string of the molecule is CC1(NCCOc2ccc(Cl)c(F)c2)CC(C)(NC(=O)COc2ccc(Cl)c(Cl)c2)C1. The van der Waals surface area contributed by atoms with E-state index in [1.807, 2.05) is 6.92 Å². The van der Waals surface area contributed by atoms with Gasteiger partial charge in [0.15, 0.2) is 6.61 Å². The lowest BCUT2D eigenvalue weighted by molar-refractivity contribution is -0.127. The Kier molecular flexibility index (Phi) is 7.58. The fraction of sp³-hybridized carbons (Fsp3) is 0.409. The van der Waals surface area contributed by atoms with Crippen molar-refractivity contribution in [1.82, 2.24) is 10.6 Å². The van der Waals surface area contributed by atoms with Gasteiger partial charge < -0.3 is 20.1 Å². The number of carbonyl (C=O) groups excluding carboxylic acids is 1. The van der Waals surface area contributed by atoms with Crippen molar-refractivity contribution in [2.24, 2.45) is 0 Å². The highest BCUT2D eigenvalue weighted by Gasteiger charge is 2.49. The van der Waals surface area contributed by atoms with Crippen LogP contribution in [0.25, 0.3) is 0 Å². The molecule has 0 saturated heterocycles. The summed E-state index contributed by atoms with van der Waals surface area (Å²) in [6, 6.07) is 9.21. The number of halogens is 4. The number of rotatable bonds is 9. The van der Waals surface area contributed by atoms with Gasteiger partial charge in [-0.15, -0.1) is 0 Å². The Balaban J connectivity index is 1.37. The van der Waals surface area contributed by atoms with Crippen molar-refractivity contribution in [2.45, 2.75) is 37.8 Å². The van der Waals surface area contributed by atoms with Crippen LogP contribution in [0.2, 0.25) is 15.1 Å². The van der Waals surface area contributed by atoms with E-state index in [1.54, 1.807) is 24.3 Å². The Morgan fingerprint density at radius 3 is 2.26 bits per heavy atom. The van der Waals surface area contributed by atoms with E-state index >= 15 is 0 Å². The number of benzene rings is 2. The average Bonchev–Trinajstić information content (AvgIpc) is 2.67. The molecular formula is C22H24Cl3FN2O3. The fourth-order valence-electron chi connectivity index (χ4n) is 4.06. The summed E-state index contributed by atoms with van der Waals surface area (Å²) in [5.41, 5.74) is -0.443. The minimum Gasteiger partial charge on any atom is -0.492 e. The Bertz CT molecular complexity index is 952. The highest BCUT2D eigenvalue weighted by Crippen LogP contribution is 2.40. The maximum atomic E-state index is 13.4. The first-order valence-electron chi connectivity index (χ1n) is 9.79. The van der Waals surface area contributed by atoms with E-state index in [0.29, 0.717) is 34.7 Å². The minimum absolute atomic E-state index is 0.0659. The van der Waals surface area contributed by atoms with Gasteiger partial charge >= 0.3 is 0 Å². The van der Waals surface area contributed by atoms with Gasteiger partial charge in [0.05, 0.1) is 15.1 Å². The van der Waals surface area contributed by atoms with Crippen LogP contribution in [-0.4, -0.2) is 36.7 Å². The van der Waals surface area contributed by atoms with Crippen LogP contribution >= 0.6 is 34.8 Å². The third-order valence-electron chi connectivity index (χ3n) is 5.08. The molecule has 2 N–H and O–H groups in total. The highest BCUT2D eigenvalue weighted by atomic mass is 35.5. The molecule has 0 radical (unpaired) electrons. The van der Waals surface area contributed by atoms with E-state index < -0.39 is 5.82 Å². The van der Waals surface area contributed by atoms with E-state index in [-0.39, 0.29) is 28.6 Å². The Morgan fingerprint density at radius 1 is 0.968 bits per heavy atom. The molecule has 31 heavy (non-hydrogen) atoms. The molecule has 1 amide bonds. The van der Waals surface area contributed by atoms with E-state index in [4.69, 9.17) is 44.3 Å². The second-order valence-corrected chi connectivity index (χ2v) is 9.46. The molecule has 2 aromatic rings. The maximum absolute atomic E-state index is 13.4. The van der Waals surface area contributed by atoms with Gasteiger partial charge in [-0.3, -0.25) is 4.79 Å². The van der Waals surface area contributed by atoms with Crippen LogP contribution in [0.4, 0.5) is 4.39 Å². The molecule has 0 aromatic heterocycles. The summed E-state index contributed by atoms with van der Waals surface area (Å²) >= 11 is 17.5. The van der Waals surface area contributed by atoms with E-state index in [0.717, 1.165) is 12.8 Å². The molecule has 1 aliphatic rings. The number of amides is 1. The number of ether oxygens (including phenoxy) is 2. The molecule has 0 aliphatic heterocycles. The lowest BCUT2D eigenvalue weighted by Crippen LogP contribution is -2.68. The largest absolute Gasteiger partial charge is 0.492 e. The lowest BCUT2D eigenvalue weighted by Gasteiger charge is -2.53. The molecule has 5 nitrogen and oxygen atoms in total. The van der Waals surface area contributed by atoms with Gasteiger partial charge in [-0.05, 0) is 51.0 Å². The first-order valence-corrected chi connectivity index (χ1v) is 10.9. The summed E-state index contributed by atoms with van der Waals surface area (Å²) in [7, 11) is 0. The average molecular weight is 490 g/mol. The molecular weight excluding hydrogens is 466 g/mol. The molecule has 168 valence electrons. The smallest absolute Gasteiger partial charge is 0.258 e.